The summed E-state index contributed by atoms with van der Waals surface area (Å²) in [5, 5.41) is 31.6. The van der Waals surface area contributed by atoms with Crippen molar-refractivity contribution in [3.63, 3.8) is 0 Å². The maximum Gasteiger partial charge on any atom is 0.251 e. The van der Waals surface area contributed by atoms with Gasteiger partial charge in [0.05, 0.1) is 30.1 Å². The van der Waals surface area contributed by atoms with Gasteiger partial charge in [-0.1, -0.05) is 128 Å². The molecule has 0 aliphatic rings. The van der Waals surface area contributed by atoms with E-state index in [2.05, 4.69) is 41.5 Å². The van der Waals surface area contributed by atoms with Crippen molar-refractivity contribution < 1.29 is 15.0 Å². The van der Waals surface area contributed by atoms with E-state index in [1.54, 1.807) is 30.3 Å². The molecule has 0 saturated heterocycles. The number of amides is 1. The Labute approximate surface area is 267 Å². The molecule has 0 bridgehead atoms. The minimum atomic E-state index is -0.947. The Morgan fingerprint density at radius 2 is 1.18 bits per heavy atom. The number of hydrogen-bond acceptors (Lipinski definition) is 5. The predicted octanol–water partition coefficient (Wildman–Crippen LogP) is 10.3. The fourth-order valence-corrected chi connectivity index (χ4v) is 5.24. The minimum absolute atomic E-state index is 0.348. The Bertz CT molecular complexity index is 1050. The molecular formula is C38H59N3O3. The molecule has 244 valence electrons. The van der Waals surface area contributed by atoms with Gasteiger partial charge in [0.2, 0.25) is 0 Å². The summed E-state index contributed by atoms with van der Waals surface area (Å²) in [6.45, 7) is 4.14. The number of nitrogens with zero attached hydrogens (tertiary/aromatic N) is 2. The zero-order valence-corrected chi connectivity index (χ0v) is 27.6. The third-order valence-electron chi connectivity index (χ3n) is 8.15. The first kappa shape index (κ1) is 37.4. The van der Waals surface area contributed by atoms with Crippen molar-refractivity contribution in [2.75, 3.05) is 6.61 Å². The number of unbranched alkanes of at least 4 members (excludes halogenated alkanes) is 15. The number of benzene rings is 2. The normalized spacial score (nSPS) is 13.1. The lowest BCUT2D eigenvalue weighted by molar-refractivity contribution is 0.0811. The van der Waals surface area contributed by atoms with Gasteiger partial charge in [0.25, 0.3) is 5.91 Å². The van der Waals surface area contributed by atoms with Gasteiger partial charge in [-0.15, -0.1) is 0 Å². The van der Waals surface area contributed by atoms with Gasteiger partial charge < -0.3 is 15.5 Å². The van der Waals surface area contributed by atoms with Crippen molar-refractivity contribution in [3.05, 3.63) is 71.8 Å². The third kappa shape index (κ3) is 16.9. The van der Waals surface area contributed by atoms with Gasteiger partial charge in [-0.05, 0) is 67.6 Å². The maximum atomic E-state index is 12.7. The molecule has 6 heteroatoms. The van der Waals surface area contributed by atoms with Crippen LogP contribution in [0.3, 0.4) is 0 Å². The fourth-order valence-electron chi connectivity index (χ4n) is 5.24. The molecule has 1 amide bonds. The summed E-state index contributed by atoms with van der Waals surface area (Å²) in [6, 6.07) is 14.3. The topological polar surface area (TPSA) is 94.3 Å². The molecule has 6 nitrogen and oxygen atoms in total. The molecule has 3 N–H and O–H groups in total. The van der Waals surface area contributed by atoms with Crippen LogP contribution < -0.4 is 5.32 Å². The molecule has 2 atom stereocenters. The van der Waals surface area contributed by atoms with Crippen molar-refractivity contribution in [2.24, 2.45) is 10.2 Å². The molecule has 0 spiro atoms. The first-order valence-corrected chi connectivity index (χ1v) is 17.4. The minimum Gasteiger partial charge on any atom is -0.394 e. The highest BCUT2D eigenvalue weighted by atomic mass is 16.3. The first-order chi connectivity index (χ1) is 21.6. The Balaban J connectivity index is 1.67. The molecule has 0 saturated carbocycles. The summed E-state index contributed by atoms with van der Waals surface area (Å²) < 4.78 is 0. The van der Waals surface area contributed by atoms with E-state index in [4.69, 9.17) is 0 Å². The van der Waals surface area contributed by atoms with Crippen molar-refractivity contribution in [1.29, 1.82) is 0 Å². The summed E-state index contributed by atoms with van der Waals surface area (Å²) in [7, 11) is 0. The molecule has 44 heavy (non-hydrogen) atoms. The van der Waals surface area contributed by atoms with Gasteiger partial charge in [0.15, 0.2) is 0 Å². The van der Waals surface area contributed by atoms with Crippen LogP contribution in [-0.4, -0.2) is 34.9 Å². The van der Waals surface area contributed by atoms with Gasteiger partial charge in [0.1, 0.15) is 0 Å². The van der Waals surface area contributed by atoms with E-state index >= 15 is 0 Å². The predicted molar refractivity (Wildman–Crippen MR) is 184 cm³/mol. The number of rotatable bonds is 25. The number of aliphatic hydroxyl groups is 2. The standard InChI is InChI=1S/C38H59N3O3/c1-3-5-7-9-10-11-12-13-14-15-16-18-20-22-37(43)36(31-42)39-38(44)33-25-29-35(30-26-33)41-40-34-27-23-32(24-28-34)21-19-17-8-6-4-2/h20,22-30,36-37,42-43H,3-19,21,31H2,1-2H3,(H,39,44)/b22-20+,41-40?/t36-,37+/m0/s1. The number of azo groups is 1. The van der Waals surface area contributed by atoms with E-state index in [0.717, 1.165) is 24.9 Å². The van der Waals surface area contributed by atoms with E-state index in [9.17, 15) is 15.0 Å². The number of hydrogen-bond donors (Lipinski definition) is 3. The summed E-state index contributed by atoms with van der Waals surface area (Å²) in [5.74, 6) is -0.351. The van der Waals surface area contributed by atoms with Crippen molar-refractivity contribution in [3.8, 4) is 0 Å². The summed E-state index contributed by atoms with van der Waals surface area (Å²) in [5.41, 5.74) is 3.19. The number of aliphatic hydroxyl groups excluding tert-OH is 2. The molecular weight excluding hydrogens is 546 g/mol. The Hall–Kier alpha value is -2.83. The molecule has 2 rings (SSSR count). The summed E-state index contributed by atoms with van der Waals surface area (Å²) in [6.07, 6.45) is 25.4. The zero-order chi connectivity index (χ0) is 31.7. The van der Waals surface area contributed by atoms with Gasteiger partial charge in [-0.2, -0.15) is 10.2 Å². The second-order valence-electron chi connectivity index (χ2n) is 12.1. The first-order valence-electron chi connectivity index (χ1n) is 17.4. The highest BCUT2D eigenvalue weighted by Gasteiger charge is 2.19. The van der Waals surface area contributed by atoms with Crippen molar-refractivity contribution in [2.45, 2.75) is 142 Å². The molecule has 0 aliphatic heterocycles. The lowest BCUT2D eigenvalue weighted by atomic mass is 10.0. The second kappa shape index (κ2) is 24.5. The molecule has 2 aromatic carbocycles. The lowest BCUT2D eigenvalue weighted by Crippen LogP contribution is -2.45. The SMILES string of the molecule is CCCCCCCCCCCCC/C=C/[C@@H](O)[C@H](CO)NC(=O)c1ccc(N=Nc2ccc(CCCCCCC)cc2)cc1. The molecule has 0 unspecified atom stereocenters. The van der Waals surface area contributed by atoms with E-state index < -0.39 is 12.1 Å². The smallest absolute Gasteiger partial charge is 0.251 e. The average molecular weight is 606 g/mol. The van der Waals surface area contributed by atoms with Gasteiger partial charge in [-0.3, -0.25) is 4.79 Å². The highest BCUT2D eigenvalue weighted by Crippen LogP contribution is 2.20. The number of allylic oxidation sites excluding steroid dienone is 1. The van der Waals surface area contributed by atoms with Crippen LogP contribution in [0.1, 0.15) is 139 Å². The summed E-state index contributed by atoms with van der Waals surface area (Å²) >= 11 is 0. The van der Waals surface area contributed by atoms with Crippen LogP contribution in [0.25, 0.3) is 0 Å². The summed E-state index contributed by atoms with van der Waals surface area (Å²) in [4.78, 5) is 12.7. The Morgan fingerprint density at radius 3 is 1.70 bits per heavy atom. The quantitative estimate of drug-likeness (QED) is 0.0597. The van der Waals surface area contributed by atoms with Crippen LogP contribution in [-0.2, 0) is 6.42 Å². The molecule has 0 aliphatic carbocycles. The van der Waals surface area contributed by atoms with Crippen LogP contribution in [0.5, 0.6) is 0 Å². The van der Waals surface area contributed by atoms with Crippen molar-refractivity contribution in [1.82, 2.24) is 5.32 Å². The molecule has 0 radical (unpaired) electrons. The van der Waals surface area contributed by atoms with Crippen LogP contribution >= 0.6 is 0 Å². The third-order valence-corrected chi connectivity index (χ3v) is 8.15. The highest BCUT2D eigenvalue weighted by molar-refractivity contribution is 5.94. The maximum absolute atomic E-state index is 12.7. The Morgan fingerprint density at radius 1 is 0.705 bits per heavy atom. The van der Waals surface area contributed by atoms with Crippen LogP contribution in [0, 0.1) is 0 Å². The molecule has 0 aromatic heterocycles. The van der Waals surface area contributed by atoms with E-state index in [1.165, 1.54) is 102 Å². The van der Waals surface area contributed by atoms with E-state index in [1.807, 2.05) is 18.2 Å². The number of nitrogens with one attached hydrogen (secondary N) is 1. The molecule has 2 aromatic rings. The van der Waals surface area contributed by atoms with Crippen molar-refractivity contribution >= 4 is 17.3 Å². The van der Waals surface area contributed by atoms with E-state index in [0.29, 0.717) is 11.3 Å². The molecule has 0 fully saturated rings. The second-order valence-corrected chi connectivity index (χ2v) is 12.1. The van der Waals surface area contributed by atoms with Crippen LogP contribution in [0.4, 0.5) is 11.4 Å². The van der Waals surface area contributed by atoms with Crippen LogP contribution in [0.2, 0.25) is 0 Å². The average Bonchev–Trinajstić information content (AvgIpc) is 3.05. The zero-order valence-electron chi connectivity index (χ0n) is 27.6. The lowest BCUT2D eigenvalue weighted by Gasteiger charge is -2.20. The fraction of sp³-hybridized carbons (Fsp3) is 0.605. The number of aryl methyl sites for hydroxylation is 1. The molecule has 0 heterocycles. The monoisotopic (exact) mass is 605 g/mol. The van der Waals surface area contributed by atoms with Gasteiger partial charge in [-0.25, -0.2) is 0 Å². The van der Waals surface area contributed by atoms with Gasteiger partial charge in [0, 0.05) is 5.56 Å². The largest absolute Gasteiger partial charge is 0.394 e. The van der Waals surface area contributed by atoms with Crippen LogP contribution in [0.15, 0.2) is 70.9 Å². The Kier molecular flexibility index (Phi) is 20.8. The van der Waals surface area contributed by atoms with Gasteiger partial charge >= 0.3 is 0 Å². The number of carbonyl (C=O) groups is 1. The van der Waals surface area contributed by atoms with E-state index in [-0.39, 0.29) is 12.5 Å². The number of carbonyl (C=O) groups excluding carboxylic acids is 1.